The van der Waals surface area contributed by atoms with Gasteiger partial charge in [0.2, 0.25) is 0 Å². The third-order valence-electron chi connectivity index (χ3n) is 2.83. The van der Waals surface area contributed by atoms with Crippen molar-refractivity contribution in [3.63, 3.8) is 0 Å². The van der Waals surface area contributed by atoms with Crippen molar-refractivity contribution >= 4 is 5.97 Å². The van der Waals surface area contributed by atoms with Crippen molar-refractivity contribution in [2.24, 2.45) is 5.92 Å². The van der Waals surface area contributed by atoms with Gasteiger partial charge in [0.1, 0.15) is 0 Å². The maximum absolute atomic E-state index is 11.4. The SMILES string of the molecule is CCOC(=O)/C=C1\CCN(C)C1C(C)C. The van der Waals surface area contributed by atoms with E-state index in [2.05, 4.69) is 25.8 Å². The van der Waals surface area contributed by atoms with Crippen LogP contribution in [-0.2, 0) is 9.53 Å². The molecule has 15 heavy (non-hydrogen) atoms. The van der Waals surface area contributed by atoms with E-state index in [-0.39, 0.29) is 5.97 Å². The molecular formula is C12H21NO2. The minimum atomic E-state index is -0.201. The van der Waals surface area contributed by atoms with Crippen LogP contribution in [0.25, 0.3) is 0 Å². The molecule has 1 fully saturated rings. The zero-order chi connectivity index (χ0) is 11.4. The molecule has 1 aliphatic rings. The van der Waals surface area contributed by atoms with Crippen molar-refractivity contribution in [3.05, 3.63) is 11.6 Å². The predicted octanol–water partition coefficient (Wildman–Crippen LogP) is 1.84. The lowest BCUT2D eigenvalue weighted by atomic mass is 9.97. The third-order valence-corrected chi connectivity index (χ3v) is 2.83. The Balaban J connectivity index is 2.72. The molecule has 0 aromatic carbocycles. The molecule has 1 rings (SSSR count). The number of carbonyl (C=O) groups excluding carboxylic acids is 1. The molecule has 0 aromatic heterocycles. The molecule has 0 spiro atoms. The van der Waals surface area contributed by atoms with Crippen LogP contribution in [0.4, 0.5) is 0 Å². The Morgan fingerprint density at radius 3 is 2.87 bits per heavy atom. The first kappa shape index (κ1) is 12.2. The average molecular weight is 211 g/mol. The second-order valence-corrected chi connectivity index (χ2v) is 4.39. The molecule has 1 saturated heterocycles. The van der Waals surface area contributed by atoms with Crippen molar-refractivity contribution in [3.8, 4) is 0 Å². The van der Waals surface area contributed by atoms with E-state index in [0.29, 0.717) is 18.6 Å². The summed E-state index contributed by atoms with van der Waals surface area (Å²) < 4.78 is 4.93. The molecule has 0 aliphatic carbocycles. The summed E-state index contributed by atoms with van der Waals surface area (Å²) in [5.41, 5.74) is 1.21. The second kappa shape index (κ2) is 5.31. The number of carbonyl (C=O) groups is 1. The molecule has 1 unspecified atom stereocenters. The summed E-state index contributed by atoms with van der Waals surface area (Å²) in [4.78, 5) is 13.7. The highest BCUT2D eigenvalue weighted by molar-refractivity contribution is 5.83. The van der Waals surface area contributed by atoms with Gasteiger partial charge < -0.3 is 4.74 Å². The molecule has 1 aliphatic heterocycles. The largest absolute Gasteiger partial charge is 0.463 e. The van der Waals surface area contributed by atoms with Crippen LogP contribution in [0.15, 0.2) is 11.6 Å². The Labute approximate surface area is 92.1 Å². The van der Waals surface area contributed by atoms with E-state index >= 15 is 0 Å². The maximum atomic E-state index is 11.4. The van der Waals surface area contributed by atoms with E-state index in [1.165, 1.54) is 5.57 Å². The molecule has 1 heterocycles. The highest BCUT2D eigenvalue weighted by Crippen LogP contribution is 2.27. The van der Waals surface area contributed by atoms with Gasteiger partial charge >= 0.3 is 5.97 Å². The molecule has 3 nitrogen and oxygen atoms in total. The van der Waals surface area contributed by atoms with E-state index in [1.807, 2.05) is 6.92 Å². The summed E-state index contributed by atoms with van der Waals surface area (Å²) in [6.07, 6.45) is 2.66. The van der Waals surface area contributed by atoms with Gasteiger partial charge in [0.25, 0.3) is 0 Å². The number of ether oxygens (including phenoxy) is 1. The number of nitrogens with zero attached hydrogens (tertiary/aromatic N) is 1. The summed E-state index contributed by atoms with van der Waals surface area (Å²) in [5.74, 6) is 0.339. The zero-order valence-corrected chi connectivity index (χ0v) is 10.1. The molecule has 0 aromatic rings. The first-order valence-corrected chi connectivity index (χ1v) is 5.63. The van der Waals surface area contributed by atoms with E-state index in [9.17, 15) is 4.79 Å². The van der Waals surface area contributed by atoms with Crippen molar-refractivity contribution < 1.29 is 9.53 Å². The Kier molecular flexibility index (Phi) is 4.33. The fraction of sp³-hybridized carbons (Fsp3) is 0.750. The first-order chi connectivity index (χ1) is 7.06. The van der Waals surface area contributed by atoms with Crippen LogP contribution in [0.1, 0.15) is 27.2 Å². The number of esters is 1. The van der Waals surface area contributed by atoms with Gasteiger partial charge in [-0.1, -0.05) is 13.8 Å². The van der Waals surface area contributed by atoms with Gasteiger partial charge in [0.15, 0.2) is 0 Å². The van der Waals surface area contributed by atoms with Crippen molar-refractivity contribution in [1.82, 2.24) is 4.90 Å². The van der Waals surface area contributed by atoms with E-state index in [0.717, 1.165) is 13.0 Å². The zero-order valence-electron chi connectivity index (χ0n) is 10.1. The molecule has 86 valence electrons. The van der Waals surface area contributed by atoms with Crippen molar-refractivity contribution in [1.29, 1.82) is 0 Å². The van der Waals surface area contributed by atoms with E-state index in [1.54, 1.807) is 6.08 Å². The topological polar surface area (TPSA) is 29.5 Å². The number of likely N-dealkylation sites (N-methyl/N-ethyl adjacent to an activating group) is 1. The van der Waals surface area contributed by atoms with Crippen LogP contribution < -0.4 is 0 Å². The van der Waals surface area contributed by atoms with Gasteiger partial charge in [0, 0.05) is 18.7 Å². The minimum absolute atomic E-state index is 0.201. The normalized spacial score (nSPS) is 25.1. The number of hydrogen-bond donors (Lipinski definition) is 0. The summed E-state index contributed by atoms with van der Waals surface area (Å²) >= 11 is 0. The van der Waals surface area contributed by atoms with Gasteiger partial charge in [-0.3, -0.25) is 4.90 Å². The highest BCUT2D eigenvalue weighted by atomic mass is 16.5. The molecule has 0 radical (unpaired) electrons. The fourth-order valence-corrected chi connectivity index (χ4v) is 2.31. The molecule has 0 bridgehead atoms. The molecule has 3 heteroatoms. The van der Waals surface area contributed by atoms with E-state index < -0.39 is 0 Å². The molecule has 0 saturated carbocycles. The van der Waals surface area contributed by atoms with Crippen molar-refractivity contribution in [2.45, 2.75) is 33.2 Å². The average Bonchev–Trinajstić information content (AvgIpc) is 2.47. The van der Waals surface area contributed by atoms with Crippen LogP contribution in [0.3, 0.4) is 0 Å². The highest BCUT2D eigenvalue weighted by Gasteiger charge is 2.29. The standard InChI is InChI=1S/C12H21NO2/c1-5-15-11(14)8-10-6-7-13(4)12(10)9(2)3/h8-9,12H,5-7H2,1-4H3/b10-8+. The fourth-order valence-electron chi connectivity index (χ4n) is 2.31. The van der Waals surface area contributed by atoms with Crippen LogP contribution >= 0.6 is 0 Å². The van der Waals surface area contributed by atoms with Crippen LogP contribution in [0, 0.1) is 5.92 Å². The third kappa shape index (κ3) is 3.06. The Hall–Kier alpha value is -0.830. The number of likely N-dealkylation sites (tertiary alicyclic amines) is 1. The summed E-state index contributed by atoms with van der Waals surface area (Å²) in [6, 6.07) is 0.398. The molecule has 0 amide bonds. The van der Waals surface area contributed by atoms with Crippen LogP contribution in [0.5, 0.6) is 0 Å². The molecule has 1 atom stereocenters. The first-order valence-electron chi connectivity index (χ1n) is 5.63. The van der Waals surface area contributed by atoms with Gasteiger partial charge in [-0.2, -0.15) is 0 Å². The lowest BCUT2D eigenvalue weighted by Crippen LogP contribution is -2.30. The van der Waals surface area contributed by atoms with Gasteiger partial charge in [0.05, 0.1) is 6.61 Å². The monoisotopic (exact) mass is 211 g/mol. The predicted molar refractivity (Wildman–Crippen MR) is 60.6 cm³/mol. The minimum Gasteiger partial charge on any atom is -0.463 e. The quantitative estimate of drug-likeness (QED) is 0.527. The summed E-state index contributed by atoms with van der Waals surface area (Å²) in [5, 5.41) is 0. The second-order valence-electron chi connectivity index (χ2n) is 4.39. The van der Waals surface area contributed by atoms with Crippen molar-refractivity contribution in [2.75, 3.05) is 20.2 Å². The molecular weight excluding hydrogens is 190 g/mol. The van der Waals surface area contributed by atoms with Gasteiger partial charge in [-0.25, -0.2) is 4.79 Å². The lowest BCUT2D eigenvalue weighted by Gasteiger charge is -2.24. The Morgan fingerprint density at radius 1 is 1.67 bits per heavy atom. The van der Waals surface area contributed by atoms with E-state index in [4.69, 9.17) is 4.74 Å². The summed E-state index contributed by atoms with van der Waals surface area (Å²) in [7, 11) is 2.11. The maximum Gasteiger partial charge on any atom is 0.330 e. The molecule has 0 N–H and O–H groups in total. The lowest BCUT2D eigenvalue weighted by molar-refractivity contribution is -0.137. The Morgan fingerprint density at radius 2 is 2.33 bits per heavy atom. The Bertz CT molecular complexity index is 258. The number of rotatable bonds is 3. The number of hydrogen-bond acceptors (Lipinski definition) is 3. The van der Waals surface area contributed by atoms with Gasteiger partial charge in [-0.15, -0.1) is 0 Å². The van der Waals surface area contributed by atoms with Crippen LogP contribution in [-0.4, -0.2) is 37.1 Å². The smallest absolute Gasteiger partial charge is 0.330 e. The summed E-state index contributed by atoms with van der Waals surface area (Å²) in [6.45, 7) is 7.69. The van der Waals surface area contributed by atoms with Crippen LogP contribution in [0.2, 0.25) is 0 Å². The van der Waals surface area contributed by atoms with Gasteiger partial charge in [-0.05, 0) is 31.9 Å².